The highest BCUT2D eigenvalue weighted by Crippen LogP contribution is 2.15. The summed E-state index contributed by atoms with van der Waals surface area (Å²) in [4.78, 5) is 4.55. The first kappa shape index (κ1) is 16.0. The van der Waals surface area contributed by atoms with Crippen molar-refractivity contribution in [1.82, 2.24) is 10.3 Å². The average molecular weight is 304 g/mol. The zero-order chi connectivity index (χ0) is 15.1. The fourth-order valence-corrected chi connectivity index (χ4v) is 3.15. The minimum Gasteiger partial charge on any atom is -0.494 e. The Balaban J connectivity index is 1.82. The maximum atomic E-state index is 5.85. The molecule has 3 nitrogen and oxygen atoms in total. The zero-order valence-electron chi connectivity index (χ0n) is 13.1. The smallest absolute Gasteiger partial charge is 0.119 e. The van der Waals surface area contributed by atoms with Crippen molar-refractivity contribution in [3.8, 4) is 5.75 Å². The molecule has 0 aliphatic rings. The van der Waals surface area contributed by atoms with Crippen LogP contribution in [0.25, 0.3) is 0 Å². The standard InChI is InChI=1S/C17H24N2OS/c1-4-18-15(11-17-19-14(3)12-21-17)8-9-20-16-7-5-6-13(2)10-16/h5-7,10,12,15,18H,4,8-9,11H2,1-3H3. The van der Waals surface area contributed by atoms with Crippen LogP contribution in [0.2, 0.25) is 0 Å². The zero-order valence-corrected chi connectivity index (χ0v) is 13.9. The summed E-state index contributed by atoms with van der Waals surface area (Å²) in [5, 5.41) is 6.84. The van der Waals surface area contributed by atoms with E-state index in [2.05, 4.69) is 41.7 Å². The monoisotopic (exact) mass is 304 g/mol. The third-order valence-corrected chi connectivity index (χ3v) is 4.29. The minimum absolute atomic E-state index is 0.422. The summed E-state index contributed by atoms with van der Waals surface area (Å²) in [6.45, 7) is 7.97. The summed E-state index contributed by atoms with van der Waals surface area (Å²) in [5.41, 5.74) is 2.34. The number of benzene rings is 1. The predicted molar refractivity (Wildman–Crippen MR) is 89.3 cm³/mol. The number of thiazole rings is 1. The van der Waals surface area contributed by atoms with Crippen molar-refractivity contribution in [3.05, 3.63) is 45.9 Å². The molecule has 1 aromatic carbocycles. The highest BCUT2D eigenvalue weighted by atomic mass is 32.1. The third-order valence-electron chi connectivity index (χ3n) is 3.30. The van der Waals surface area contributed by atoms with Crippen LogP contribution in [0, 0.1) is 13.8 Å². The molecule has 1 heterocycles. The molecule has 21 heavy (non-hydrogen) atoms. The van der Waals surface area contributed by atoms with E-state index in [0.717, 1.165) is 37.4 Å². The van der Waals surface area contributed by atoms with Crippen LogP contribution < -0.4 is 10.1 Å². The lowest BCUT2D eigenvalue weighted by Crippen LogP contribution is -2.32. The van der Waals surface area contributed by atoms with Crippen molar-refractivity contribution in [1.29, 1.82) is 0 Å². The van der Waals surface area contributed by atoms with Crippen molar-refractivity contribution in [2.45, 2.75) is 39.7 Å². The van der Waals surface area contributed by atoms with Crippen LogP contribution in [0.4, 0.5) is 0 Å². The van der Waals surface area contributed by atoms with Gasteiger partial charge in [0.15, 0.2) is 0 Å². The van der Waals surface area contributed by atoms with E-state index >= 15 is 0 Å². The van der Waals surface area contributed by atoms with Gasteiger partial charge >= 0.3 is 0 Å². The Morgan fingerprint density at radius 1 is 1.33 bits per heavy atom. The number of aryl methyl sites for hydroxylation is 2. The second-order valence-corrected chi connectivity index (χ2v) is 6.24. The topological polar surface area (TPSA) is 34.1 Å². The lowest BCUT2D eigenvalue weighted by Gasteiger charge is -2.17. The maximum absolute atomic E-state index is 5.85. The number of nitrogens with zero attached hydrogens (tertiary/aromatic N) is 1. The molecular formula is C17H24N2OS. The summed E-state index contributed by atoms with van der Waals surface area (Å²) in [7, 11) is 0. The molecule has 2 aromatic rings. The minimum atomic E-state index is 0.422. The molecule has 1 atom stereocenters. The van der Waals surface area contributed by atoms with Gasteiger partial charge in [-0.05, 0) is 44.5 Å². The van der Waals surface area contributed by atoms with Gasteiger partial charge in [0.25, 0.3) is 0 Å². The normalized spacial score (nSPS) is 12.3. The molecule has 2 rings (SSSR count). The van der Waals surface area contributed by atoms with Crippen molar-refractivity contribution >= 4 is 11.3 Å². The summed E-state index contributed by atoms with van der Waals surface area (Å²) < 4.78 is 5.85. The fraction of sp³-hybridized carbons (Fsp3) is 0.471. The molecule has 0 radical (unpaired) electrons. The average Bonchev–Trinajstić information content (AvgIpc) is 2.84. The lowest BCUT2D eigenvalue weighted by molar-refractivity contribution is 0.285. The first-order valence-corrected chi connectivity index (χ1v) is 8.39. The first-order chi connectivity index (χ1) is 10.2. The molecule has 1 aromatic heterocycles. The van der Waals surface area contributed by atoms with Crippen molar-refractivity contribution in [2.24, 2.45) is 0 Å². The van der Waals surface area contributed by atoms with Crippen LogP contribution in [0.15, 0.2) is 29.6 Å². The van der Waals surface area contributed by atoms with Crippen LogP contribution in [0.1, 0.15) is 29.6 Å². The van der Waals surface area contributed by atoms with Crippen molar-refractivity contribution < 1.29 is 4.74 Å². The van der Waals surface area contributed by atoms with Crippen LogP contribution in [0.3, 0.4) is 0 Å². The largest absolute Gasteiger partial charge is 0.494 e. The summed E-state index contributed by atoms with van der Waals surface area (Å²) >= 11 is 1.74. The first-order valence-electron chi connectivity index (χ1n) is 7.51. The highest BCUT2D eigenvalue weighted by Gasteiger charge is 2.11. The van der Waals surface area contributed by atoms with Gasteiger partial charge in [-0.2, -0.15) is 0 Å². The number of rotatable bonds is 8. The van der Waals surface area contributed by atoms with E-state index < -0.39 is 0 Å². The summed E-state index contributed by atoms with van der Waals surface area (Å²) in [5.74, 6) is 0.954. The lowest BCUT2D eigenvalue weighted by atomic mass is 10.1. The molecule has 0 aliphatic carbocycles. The van der Waals surface area contributed by atoms with E-state index in [4.69, 9.17) is 4.74 Å². The predicted octanol–water partition coefficient (Wildman–Crippen LogP) is 3.75. The summed E-state index contributed by atoms with van der Waals surface area (Å²) in [6, 6.07) is 8.63. The molecule has 0 saturated heterocycles. The molecule has 0 saturated carbocycles. The Bertz CT molecular complexity index is 553. The third kappa shape index (κ3) is 5.48. The number of nitrogens with one attached hydrogen (secondary N) is 1. The Labute approximate surface area is 131 Å². The second-order valence-electron chi connectivity index (χ2n) is 5.29. The van der Waals surface area contributed by atoms with E-state index in [9.17, 15) is 0 Å². The molecule has 1 unspecified atom stereocenters. The van der Waals surface area contributed by atoms with Gasteiger partial charge < -0.3 is 10.1 Å². The van der Waals surface area contributed by atoms with Gasteiger partial charge in [-0.1, -0.05) is 19.1 Å². The maximum Gasteiger partial charge on any atom is 0.119 e. The molecule has 0 spiro atoms. The Kier molecular flexibility index (Phi) is 6.21. The van der Waals surface area contributed by atoms with E-state index in [1.807, 2.05) is 19.1 Å². The van der Waals surface area contributed by atoms with E-state index in [-0.39, 0.29) is 0 Å². The molecule has 1 N–H and O–H groups in total. The molecule has 0 amide bonds. The number of likely N-dealkylation sites (N-methyl/N-ethyl adjacent to an activating group) is 1. The van der Waals surface area contributed by atoms with Gasteiger partial charge in [0, 0.05) is 23.5 Å². The van der Waals surface area contributed by atoms with Gasteiger partial charge in [0.05, 0.1) is 11.6 Å². The van der Waals surface area contributed by atoms with E-state index in [1.165, 1.54) is 10.6 Å². The Morgan fingerprint density at radius 2 is 2.19 bits per heavy atom. The van der Waals surface area contributed by atoms with Crippen molar-refractivity contribution in [2.75, 3.05) is 13.2 Å². The number of ether oxygens (including phenoxy) is 1. The molecule has 0 fully saturated rings. The quantitative estimate of drug-likeness (QED) is 0.806. The van der Waals surface area contributed by atoms with Crippen LogP contribution in [0.5, 0.6) is 5.75 Å². The van der Waals surface area contributed by atoms with Crippen LogP contribution in [-0.4, -0.2) is 24.2 Å². The molecular weight excluding hydrogens is 280 g/mol. The van der Waals surface area contributed by atoms with Crippen LogP contribution in [-0.2, 0) is 6.42 Å². The number of hydrogen-bond donors (Lipinski definition) is 1. The molecule has 0 bridgehead atoms. The second kappa shape index (κ2) is 8.15. The van der Waals surface area contributed by atoms with E-state index in [1.54, 1.807) is 11.3 Å². The van der Waals surface area contributed by atoms with Crippen LogP contribution >= 0.6 is 11.3 Å². The highest BCUT2D eigenvalue weighted by molar-refractivity contribution is 7.09. The molecule has 4 heteroatoms. The van der Waals surface area contributed by atoms with Crippen molar-refractivity contribution in [3.63, 3.8) is 0 Å². The van der Waals surface area contributed by atoms with Gasteiger partial charge in [0.2, 0.25) is 0 Å². The number of hydrogen-bond acceptors (Lipinski definition) is 4. The fourth-order valence-electron chi connectivity index (χ4n) is 2.30. The summed E-state index contributed by atoms with van der Waals surface area (Å²) in [6.07, 6.45) is 1.96. The molecule has 0 aliphatic heterocycles. The molecule has 114 valence electrons. The Hall–Kier alpha value is -1.39. The van der Waals surface area contributed by atoms with Gasteiger partial charge in [-0.3, -0.25) is 0 Å². The van der Waals surface area contributed by atoms with E-state index in [0.29, 0.717) is 6.04 Å². The van der Waals surface area contributed by atoms with Gasteiger partial charge in [-0.25, -0.2) is 4.98 Å². The van der Waals surface area contributed by atoms with Gasteiger partial charge in [0.1, 0.15) is 5.75 Å². The Morgan fingerprint density at radius 3 is 2.86 bits per heavy atom. The SMILES string of the molecule is CCNC(CCOc1cccc(C)c1)Cc1nc(C)cs1. The van der Waals surface area contributed by atoms with Gasteiger partial charge in [-0.15, -0.1) is 11.3 Å². The number of aromatic nitrogens is 1.